The maximum absolute atomic E-state index is 13.3. The minimum atomic E-state index is -0.404. The lowest BCUT2D eigenvalue weighted by atomic mass is 10.2. The molecule has 0 aliphatic carbocycles. The highest BCUT2D eigenvalue weighted by atomic mass is 79.9. The summed E-state index contributed by atoms with van der Waals surface area (Å²) in [6, 6.07) is 25.3. The van der Waals surface area contributed by atoms with Gasteiger partial charge in [0.15, 0.2) is 16.3 Å². The van der Waals surface area contributed by atoms with Crippen molar-refractivity contribution in [3.8, 4) is 11.5 Å². The van der Waals surface area contributed by atoms with Crippen molar-refractivity contribution in [2.24, 2.45) is 14.1 Å². The lowest BCUT2D eigenvalue weighted by Crippen LogP contribution is -2.50. The third kappa shape index (κ3) is 5.93. The number of rotatable bonds is 6. The fourth-order valence-corrected chi connectivity index (χ4v) is 5.71. The Morgan fingerprint density at radius 1 is 0.884 bits per heavy atom. The number of fused-ring (bicyclic) bond motifs is 1. The monoisotopic (exact) mass is 659 g/mol. The van der Waals surface area contributed by atoms with Gasteiger partial charge in [0.2, 0.25) is 5.95 Å². The molecule has 0 unspecified atom stereocenters. The molecule has 1 saturated heterocycles. The zero-order valence-corrected chi connectivity index (χ0v) is 26.1. The van der Waals surface area contributed by atoms with Crippen LogP contribution in [0.3, 0.4) is 0 Å². The normalized spacial score (nSPS) is 13.4. The van der Waals surface area contributed by atoms with Crippen LogP contribution in [0.25, 0.3) is 11.2 Å². The van der Waals surface area contributed by atoms with Crippen LogP contribution in [0.5, 0.6) is 11.5 Å². The van der Waals surface area contributed by atoms with Gasteiger partial charge in [-0.1, -0.05) is 46.3 Å². The van der Waals surface area contributed by atoms with Crippen LogP contribution >= 0.6 is 28.1 Å². The van der Waals surface area contributed by atoms with E-state index >= 15 is 0 Å². The van der Waals surface area contributed by atoms with Crippen LogP contribution in [0.2, 0.25) is 0 Å². The Labute approximate surface area is 261 Å². The van der Waals surface area contributed by atoms with Crippen LogP contribution in [0.15, 0.2) is 92.9 Å². The first-order valence-electron chi connectivity index (χ1n) is 13.8. The van der Waals surface area contributed by atoms with E-state index in [9.17, 15) is 9.59 Å². The number of piperazine rings is 1. The van der Waals surface area contributed by atoms with Crippen molar-refractivity contribution in [3.63, 3.8) is 0 Å². The molecule has 43 heavy (non-hydrogen) atoms. The number of aryl methyl sites for hydroxylation is 1. The fourth-order valence-electron chi connectivity index (χ4n) is 5.14. The second-order valence-electron chi connectivity index (χ2n) is 10.3. The Bertz CT molecular complexity index is 1890. The smallest absolute Gasteiger partial charge is 0.332 e. The minimum Gasteiger partial charge on any atom is -0.457 e. The number of imidazole rings is 1. The molecule has 2 aromatic heterocycles. The van der Waals surface area contributed by atoms with Crippen molar-refractivity contribution < 1.29 is 4.74 Å². The van der Waals surface area contributed by atoms with Crippen LogP contribution < -0.4 is 26.2 Å². The molecule has 0 saturated carbocycles. The standard InChI is InChI=1S/C31H30BrN7O3S/c1-35-27-26(28(40)36(2)31(35)41)39(20-21-8-10-22(32)11-9-21)29(34-27)37-16-18-38(19-17-37)30(43)33-23-12-14-25(15-13-23)42-24-6-4-3-5-7-24/h3-15H,16-20H2,1-2H3,(H,33,43). The summed E-state index contributed by atoms with van der Waals surface area (Å²) in [7, 11) is 3.14. The van der Waals surface area contributed by atoms with E-state index in [1.807, 2.05) is 83.4 Å². The van der Waals surface area contributed by atoms with Crippen LogP contribution in [0, 0.1) is 0 Å². The van der Waals surface area contributed by atoms with E-state index in [1.54, 1.807) is 7.05 Å². The number of nitrogens with zero attached hydrogens (tertiary/aromatic N) is 6. The summed E-state index contributed by atoms with van der Waals surface area (Å²) in [5.74, 6) is 2.18. The first kappa shape index (κ1) is 28.7. The zero-order chi connectivity index (χ0) is 30.1. The second-order valence-corrected chi connectivity index (χ2v) is 11.6. The van der Waals surface area contributed by atoms with E-state index in [0.29, 0.717) is 54.9 Å². The van der Waals surface area contributed by atoms with E-state index in [2.05, 4.69) is 31.0 Å². The molecule has 6 rings (SSSR count). The second kappa shape index (κ2) is 12.1. The summed E-state index contributed by atoms with van der Waals surface area (Å²) in [4.78, 5) is 35.1. The van der Waals surface area contributed by atoms with E-state index in [1.165, 1.54) is 11.6 Å². The molecule has 220 valence electrons. The molecule has 0 radical (unpaired) electrons. The van der Waals surface area contributed by atoms with Crippen LogP contribution in [0.1, 0.15) is 5.56 Å². The quantitative estimate of drug-likeness (QED) is 0.266. The van der Waals surface area contributed by atoms with Gasteiger partial charge in [0.05, 0.1) is 6.54 Å². The van der Waals surface area contributed by atoms with Crippen LogP contribution in [0.4, 0.5) is 11.6 Å². The van der Waals surface area contributed by atoms with Crippen LogP contribution in [-0.4, -0.2) is 54.9 Å². The molecule has 1 aliphatic heterocycles. The van der Waals surface area contributed by atoms with Crippen molar-refractivity contribution in [3.05, 3.63) is 110 Å². The van der Waals surface area contributed by atoms with Crippen molar-refractivity contribution in [2.45, 2.75) is 6.54 Å². The summed E-state index contributed by atoms with van der Waals surface area (Å²) >= 11 is 9.23. The Morgan fingerprint density at radius 3 is 2.21 bits per heavy atom. The van der Waals surface area contributed by atoms with Crippen molar-refractivity contribution in [1.82, 2.24) is 23.6 Å². The first-order valence-corrected chi connectivity index (χ1v) is 15.0. The summed E-state index contributed by atoms with van der Waals surface area (Å²) in [5, 5.41) is 3.97. The minimum absolute atomic E-state index is 0.363. The highest BCUT2D eigenvalue weighted by molar-refractivity contribution is 9.10. The molecule has 12 heteroatoms. The molecule has 1 aliphatic rings. The number of hydrogen-bond donors (Lipinski definition) is 1. The van der Waals surface area contributed by atoms with Crippen molar-refractivity contribution in [1.29, 1.82) is 0 Å². The molecule has 0 atom stereocenters. The number of benzene rings is 3. The van der Waals surface area contributed by atoms with Gasteiger partial charge in [-0.25, -0.2) is 4.79 Å². The number of ether oxygens (including phenoxy) is 1. The van der Waals surface area contributed by atoms with Gasteiger partial charge in [0.1, 0.15) is 11.5 Å². The average molecular weight is 661 g/mol. The molecule has 5 aromatic rings. The van der Waals surface area contributed by atoms with Gasteiger partial charge >= 0.3 is 5.69 Å². The van der Waals surface area contributed by atoms with Gasteiger partial charge in [0, 0.05) is 50.4 Å². The number of thiocarbonyl (C=S) groups is 1. The predicted octanol–water partition coefficient (Wildman–Crippen LogP) is 4.56. The largest absolute Gasteiger partial charge is 0.457 e. The lowest BCUT2D eigenvalue weighted by Gasteiger charge is -2.36. The van der Waals surface area contributed by atoms with Gasteiger partial charge in [-0.3, -0.25) is 18.5 Å². The van der Waals surface area contributed by atoms with Crippen molar-refractivity contribution >= 4 is 56.1 Å². The number of nitrogens with one attached hydrogen (secondary N) is 1. The first-order chi connectivity index (χ1) is 20.8. The maximum Gasteiger partial charge on any atom is 0.332 e. The molecule has 10 nitrogen and oxygen atoms in total. The zero-order valence-electron chi connectivity index (χ0n) is 23.7. The Balaban J connectivity index is 1.18. The number of aromatic nitrogens is 4. The summed E-state index contributed by atoms with van der Waals surface area (Å²) in [6.07, 6.45) is 0. The topological polar surface area (TPSA) is 89.6 Å². The molecule has 1 fully saturated rings. The highest BCUT2D eigenvalue weighted by Gasteiger charge is 2.26. The third-order valence-electron chi connectivity index (χ3n) is 7.52. The van der Waals surface area contributed by atoms with Crippen molar-refractivity contribution in [2.75, 3.05) is 36.4 Å². The average Bonchev–Trinajstić information content (AvgIpc) is 3.40. The van der Waals surface area contributed by atoms with Gasteiger partial charge in [-0.05, 0) is 66.3 Å². The Hall–Kier alpha value is -4.42. The van der Waals surface area contributed by atoms with Gasteiger partial charge < -0.3 is 19.9 Å². The molecule has 1 N–H and O–H groups in total. The molecule has 0 bridgehead atoms. The molecule has 3 aromatic carbocycles. The van der Waals surface area contributed by atoms with E-state index < -0.39 is 5.69 Å². The van der Waals surface area contributed by atoms with E-state index in [-0.39, 0.29) is 5.56 Å². The van der Waals surface area contributed by atoms with Crippen LogP contribution in [-0.2, 0) is 20.6 Å². The number of para-hydroxylation sites is 1. The summed E-state index contributed by atoms with van der Waals surface area (Å²) in [5.41, 5.74) is 1.91. The SMILES string of the molecule is Cn1c(=O)c2c(nc(N3CCN(C(=S)Nc4ccc(Oc5ccccc5)cc4)CC3)n2Cc2ccc(Br)cc2)n(C)c1=O. The third-order valence-corrected chi connectivity index (χ3v) is 8.40. The van der Waals surface area contributed by atoms with Gasteiger partial charge in [-0.2, -0.15) is 4.98 Å². The summed E-state index contributed by atoms with van der Waals surface area (Å²) < 4.78 is 11.3. The summed E-state index contributed by atoms with van der Waals surface area (Å²) in [6.45, 7) is 3.06. The van der Waals surface area contributed by atoms with Gasteiger partial charge in [-0.15, -0.1) is 0 Å². The number of halogens is 1. The molecule has 0 amide bonds. The lowest BCUT2D eigenvalue weighted by molar-refractivity contribution is 0.386. The fraction of sp³-hybridized carbons (Fsp3) is 0.226. The predicted molar refractivity (Wildman–Crippen MR) is 176 cm³/mol. The molecular weight excluding hydrogens is 630 g/mol. The molecule has 3 heterocycles. The maximum atomic E-state index is 13.3. The van der Waals surface area contributed by atoms with Gasteiger partial charge in [0.25, 0.3) is 5.56 Å². The van der Waals surface area contributed by atoms with E-state index in [4.69, 9.17) is 21.9 Å². The molecule has 0 spiro atoms. The number of anilines is 2. The Morgan fingerprint density at radius 2 is 1.53 bits per heavy atom. The number of hydrogen-bond acceptors (Lipinski definition) is 6. The highest BCUT2D eigenvalue weighted by Crippen LogP contribution is 2.25. The van der Waals surface area contributed by atoms with E-state index in [0.717, 1.165) is 31.8 Å². The molecular formula is C31H30BrN7O3S. The Kier molecular flexibility index (Phi) is 8.04.